The Labute approximate surface area is 108 Å². The highest BCUT2D eigenvalue weighted by molar-refractivity contribution is 5.73. The van der Waals surface area contributed by atoms with Gasteiger partial charge in [0.2, 0.25) is 0 Å². The van der Waals surface area contributed by atoms with Crippen LogP contribution in [0.15, 0.2) is 6.20 Å². The number of aliphatic hydroxyl groups is 1. The van der Waals surface area contributed by atoms with Gasteiger partial charge in [-0.05, 0) is 13.3 Å². The molecule has 0 bridgehead atoms. The van der Waals surface area contributed by atoms with Crippen LogP contribution in [0.4, 0.5) is 0 Å². The van der Waals surface area contributed by atoms with Gasteiger partial charge in [-0.1, -0.05) is 19.8 Å². The van der Waals surface area contributed by atoms with Gasteiger partial charge in [0.15, 0.2) is 0 Å². The summed E-state index contributed by atoms with van der Waals surface area (Å²) < 4.78 is 6.41. The topological polar surface area (TPSA) is 64.3 Å². The van der Waals surface area contributed by atoms with Crippen LogP contribution < -0.4 is 0 Å². The Morgan fingerprint density at radius 2 is 2.28 bits per heavy atom. The maximum atomic E-state index is 11.7. The lowest BCUT2D eigenvalue weighted by atomic mass is 9.91. The van der Waals surface area contributed by atoms with Gasteiger partial charge >= 0.3 is 5.97 Å². The third kappa shape index (κ3) is 3.32. The minimum atomic E-state index is -0.849. The molecule has 5 nitrogen and oxygen atoms in total. The number of carbonyl (C=O) groups is 1. The van der Waals surface area contributed by atoms with Crippen molar-refractivity contribution in [2.75, 3.05) is 7.11 Å². The summed E-state index contributed by atoms with van der Waals surface area (Å²) in [5.41, 5.74) is 1.44. The van der Waals surface area contributed by atoms with E-state index >= 15 is 0 Å². The lowest BCUT2D eigenvalue weighted by Gasteiger charge is -2.20. The second-order valence-corrected chi connectivity index (χ2v) is 4.56. The van der Waals surface area contributed by atoms with Crippen molar-refractivity contribution in [3.8, 4) is 0 Å². The first-order valence-corrected chi connectivity index (χ1v) is 6.27. The van der Waals surface area contributed by atoms with Crippen LogP contribution >= 0.6 is 0 Å². The van der Waals surface area contributed by atoms with Crippen LogP contribution in [-0.2, 0) is 16.6 Å². The van der Waals surface area contributed by atoms with E-state index in [2.05, 4.69) is 12.0 Å². The minimum absolute atomic E-state index is 0.362. The largest absolute Gasteiger partial charge is 0.469 e. The fourth-order valence-electron chi connectivity index (χ4n) is 2.11. The Morgan fingerprint density at radius 3 is 2.72 bits per heavy atom. The number of unbranched alkanes of at least 4 members (excludes halogenated alkanes) is 1. The Balaban J connectivity index is 2.90. The van der Waals surface area contributed by atoms with E-state index < -0.39 is 12.0 Å². The van der Waals surface area contributed by atoms with E-state index in [1.807, 2.05) is 6.92 Å². The molecule has 1 heterocycles. The number of ether oxygens (including phenoxy) is 1. The van der Waals surface area contributed by atoms with Gasteiger partial charge in [-0.25, -0.2) is 0 Å². The van der Waals surface area contributed by atoms with Crippen molar-refractivity contribution in [3.63, 3.8) is 0 Å². The van der Waals surface area contributed by atoms with E-state index in [4.69, 9.17) is 4.74 Å². The third-order valence-electron chi connectivity index (χ3n) is 3.12. The van der Waals surface area contributed by atoms with Crippen LogP contribution in [0.3, 0.4) is 0 Å². The highest BCUT2D eigenvalue weighted by Gasteiger charge is 2.30. The zero-order valence-electron chi connectivity index (χ0n) is 11.5. The molecule has 0 aliphatic rings. The summed E-state index contributed by atoms with van der Waals surface area (Å²) in [7, 11) is 3.15. The fourth-order valence-corrected chi connectivity index (χ4v) is 2.11. The van der Waals surface area contributed by atoms with Crippen molar-refractivity contribution in [2.45, 2.75) is 39.2 Å². The molecular weight excluding hydrogens is 232 g/mol. The molecule has 18 heavy (non-hydrogen) atoms. The molecule has 0 amide bonds. The molecule has 0 saturated heterocycles. The molecule has 1 aromatic heterocycles. The van der Waals surface area contributed by atoms with E-state index in [-0.39, 0.29) is 5.97 Å². The maximum absolute atomic E-state index is 11.7. The van der Waals surface area contributed by atoms with E-state index in [0.29, 0.717) is 12.0 Å². The SMILES string of the molecule is CCCCC(C(=O)OC)C(O)c1cn(C)nc1C. The molecule has 1 rings (SSSR count). The van der Waals surface area contributed by atoms with Gasteiger partial charge in [-0.2, -0.15) is 5.10 Å². The second kappa shape index (κ2) is 6.54. The number of methoxy groups -OCH3 is 1. The summed E-state index contributed by atoms with van der Waals surface area (Å²) >= 11 is 0. The number of aryl methyl sites for hydroxylation is 2. The molecule has 0 aromatic carbocycles. The predicted octanol–water partition coefficient (Wildman–Crippen LogP) is 1.74. The first-order valence-electron chi connectivity index (χ1n) is 6.27. The summed E-state index contributed by atoms with van der Waals surface area (Å²) in [5, 5.41) is 14.5. The highest BCUT2D eigenvalue weighted by Crippen LogP contribution is 2.29. The molecule has 1 N–H and O–H groups in total. The number of carbonyl (C=O) groups excluding carboxylic acids is 1. The van der Waals surface area contributed by atoms with Gasteiger partial charge in [0.1, 0.15) is 0 Å². The Kier molecular flexibility index (Phi) is 5.34. The van der Waals surface area contributed by atoms with Gasteiger partial charge in [0.05, 0.1) is 24.8 Å². The van der Waals surface area contributed by atoms with Crippen LogP contribution in [0.25, 0.3) is 0 Å². The number of aromatic nitrogens is 2. The van der Waals surface area contributed by atoms with Gasteiger partial charge in [-0.15, -0.1) is 0 Å². The second-order valence-electron chi connectivity index (χ2n) is 4.56. The lowest BCUT2D eigenvalue weighted by Crippen LogP contribution is -2.24. The summed E-state index contributed by atoms with van der Waals surface area (Å²) in [6.07, 6.45) is 3.39. The van der Waals surface area contributed by atoms with Crippen LogP contribution in [-0.4, -0.2) is 28.0 Å². The first-order chi connectivity index (χ1) is 8.51. The monoisotopic (exact) mass is 254 g/mol. The molecule has 0 fully saturated rings. The minimum Gasteiger partial charge on any atom is -0.469 e. The van der Waals surface area contributed by atoms with Crippen LogP contribution in [0.5, 0.6) is 0 Å². The summed E-state index contributed by atoms with van der Waals surface area (Å²) in [6.45, 7) is 3.88. The third-order valence-corrected chi connectivity index (χ3v) is 3.12. The Morgan fingerprint density at radius 1 is 1.61 bits per heavy atom. The van der Waals surface area contributed by atoms with Crippen molar-refractivity contribution in [3.05, 3.63) is 17.5 Å². The molecule has 102 valence electrons. The lowest BCUT2D eigenvalue weighted by molar-refractivity contribution is -0.150. The molecule has 0 spiro atoms. The summed E-state index contributed by atoms with van der Waals surface area (Å²) in [5.74, 6) is -0.878. The molecule has 0 radical (unpaired) electrons. The standard InChI is InChI=1S/C13H22N2O3/c1-5-6-7-10(13(17)18-4)12(16)11-8-15(3)14-9(11)2/h8,10,12,16H,5-7H2,1-4H3. The van der Waals surface area contributed by atoms with Gasteiger partial charge in [0.25, 0.3) is 0 Å². The molecule has 1 aromatic rings. The average Bonchev–Trinajstić information content (AvgIpc) is 2.68. The number of hydrogen-bond acceptors (Lipinski definition) is 4. The van der Waals surface area contributed by atoms with E-state index in [0.717, 1.165) is 18.5 Å². The summed E-state index contributed by atoms with van der Waals surface area (Å²) in [6, 6.07) is 0. The molecular formula is C13H22N2O3. The fraction of sp³-hybridized carbons (Fsp3) is 0.692. The quantitative estimate of drug-likeness (QED) is 0.785. The maximum Gasteiger partial charge on any atom is 0.311 e. The molecule has 0 aliphatic carbocycles. The number of nitrogens with zero attached hydrogens (tertiary/aromatic N) is 2. The first kappa shape index (κ1) is 14.7. The highest BCUT2D eigenvalue weighted by atomic mass is 16.5. The average molecular weight is 254 g/mol. The molecule has 0 saturated carbocycles. The smallest absolute Gasteiger partial charge is 0.311 e. The van der Waals surface area contributed by atoms with Crippen molar-refractivity contribution in [1.82, 2.24) is 9.78 Å². The van der Waals surface area contributed by atoms with E-state index in [1.165, 1.54) is 7.11 Å². The van der Waals surface area contributed by atoms with Crippen molar-refractivity contribution in [1.29, 1.82) is 0 Å². The van der Waals surface area contributed by atoms with Gasteiger partial charge < -0.3 is 9.84 Å². The number of aliphatic hydroxyl groups excluding tert-OH is 1. The molecule has 5 heteroatoms. The van der Waals surface area contributed by atoms with Crippen molar-refractivity contribution < 1.29 is 14.6 Å². The van der Waals surface area contributed by atoms with Crippen LogP contribution in [0, 0.1) is 12.8 Å². The molecule has 2 unspecified atom stereocenters. The van der Waals surface area contributed by atoms with Gasteiger partial charge in [0, 0.05) is 18.8 Å². The predicted molar refractivity (Wildman–Crippen MR) is 67.9 cm³/mol. The zero-order chi connectivity index (χ0) is 13.7. The molecule has 2 atom stereocenters. The Hall–Kier alpha value is -1.36. The zero-order valence-corrected chi connectivity index (χ0v) is 11.5. The number of rotatable bonds is 6. The van der Waals surface area contributed by atoms with Crippen LogP contribution in [0.2, 0.25) is 0 Å². The molecule has 0 aliphatic heterocycles. The van der Waals surface area contributed by atoms with E-state index in [9.17, 15) is 9.90 Å². The summed E-state index contributed by atoms with van der Waals surface area (Å²) in [4.78, 5) is 11.7. The Bertz CT molecular complexity index is 401. The number of esters is 1. The normalized spacial score (nSPS) is 14.3. The van der Waals surface area contributed by atoms with Crippen molar-refractivity contribution >= 4 is 5.97 Å². The van der Waals surface area contributed by atoms with Gasteiger partial charge in [-0.3, -0.25) is 9.48 Å². The van der Waals surface area contributed by atoms with E-state index in [1.54, 1.807) is 17.9 Å². The van der Waals surface area contributed by atoms with Crippen LogP contribution in [0.1, 0.15) is 43.5 Å². The number of hydrogen-bond donors (Lipinski definition) is 1. The van der Waals surface area contributed by atoms with Crippen molar-refractivity contribution in [2.24, 2.45) is 13.0 Å².